The van der Waals surface area contributed by atoms with Gasteiger partial charge in [0.15, 0.2) is 0 Å². The van der Waals surface area contributed by atoms with Crippen LogP contribution in [0.5, 0.6) is 0 Å². The van der Waals surface area contributed by atoms with E-state index in [1.807, 2.05) is 0 Å². The predicted octanol–water partition coefficient (Wildman–Crippen LogP) is 6.69. The first kappa shape index (κ1) is 14.0. The van der Waals surface area contributed by atoms with Crippen molar-refractivity contribution in [3.63, 3.8) is 0 Å². The Hall–Kier alpha value is -1.58. The Bertz CT molecular complexity index is 872. The molecule has 4 aromatic rings. The Morgan fingerprint density at radius 2 is 0.909 bits per heavy atom. The fraction of sp³-hybridized carbons (Fsp3) is 0. The summed E-state index contributed by atoms with van der Waals surface area (Å²) in [6.45, 7) is 0. The summed E-state index contributed by atoms with van der Waals surface area (Å²) in [5.41, 5.74) is 0. The van der Waals surface area contributed by atoms with Crippen molar-refractivity contribution in [2.24, 2.45) is 0 Å². The SMILES string of the molecule is ClI(c1cccc2ccccc12)c1cccc2ccccc12. The quantitative estimate of drug-likeness (QED) is 0.319. The maximum absolute atomic E-state index is 7.05. The van der Waals surface area contributed by atoms with E-state index < -0.39 is 18.7 Å². The zero-order valence-corrected chi connectivity index (χ0v) is 14.8. The third kappa shape index (κ3) is 2.38. The Labute approximate surface area is 140 Å². The van der Waals surface area contributed by atoms with Gasteiger partial charge in [0.05, 0.1) is 0 Å². The van der Waals surface area contributed by atoms with Gasteiger partial charge in [-0.05, 0) is 0 Å². The average molecular weight is 417 g/mol. The maximum atomic E-state index is 7.05. The molecule has 0 nitrogen and oxygen atoms in total. The van der Waals surface area contributed by atoms with E-state index in [0.29, 0.717) is 0 Å². The van der Waals surface area contributed by atoms with Crippen molar-refractivity contribution >= 4 is 49.1 Å². The van der Waals surface area contributed by atoms with Crippen molar-refractivity contribution in [1.29, 1.82) is 0 Å². The molecule has 22 heavy (non-hydrogen) atoms. The summed E-state index contributed by atoms with van der Waals surface area (Å²) in [6.07, 6.45) is 0. The Morgan fingerprint density at radius 1 is 0.500 bits per heavy atom. The molecule has 0 saturated carbocycles. The topological polar surface area (TPSA) is 0 Å². The Morgan fingerprint density at radius 3 is 1.41 bits per heavy atom. The van der Waals surface area contributed by atoms with E-state index in [1.54, 1.807) is 0 Å². The summed E-state index contributed by atoms with van der Waals surface area (Å²) in [5.74, 6) is 0. The van der Waals surface area contributed by atoms with Gasteiger partial charge in [-0.15, -0.1) is 0 Å². The van der Waals surface area contributed by atoms with Crippen LogP contribution < -0.4 is 0 Å². The van der Waals surface area contributed by atoms with Gasteiger partial charge in [-0.2, -0.15) is 0 Å². The van der Waals surface area contributed by atoms with Gasteiger partial charge in [0.2, 0.25) is 0 Å². The molecule has 0 bridgehead atoms. The van der Waals surface area contributed by atoms with Crippen LogP contribution in [0.3, 0.4) is 0 Å². The van der Waals surface area contributed by atoms with Gasteiger partial charge >= 0.3 is 141 Å². The molecular weight excluding hydrogens is 403 g/mol. The van der Waals surface area contributed by atoms with Crippen molar-refractivity contribution in [2.75, 3.05) is 0 Å². The Kier molecular flexibility index (Phi) is 3.77. The first-order chi connectivity index (χ1) is 10.8. The average Bonchev–Trinajstić information content (AvgIpc) is 2.60. The van der Waals surface area contributed by atoms with E-state index in [4.69, 9.17) is 8.91 Å². The van der Waals surface area contributed by atoms with Crippen LogP contribution in [0.2, 0.25) is 0 Å². The van der Waals surface area contributed by atoms with E-state index in [0.717, 1.165) is 0 Å². The molecule has 0 spiro atoms. The molecule has 0 radical (unpaired) electrons. The standard InChI is InChI=1S/C20H14ClI/c21-22(19-13-5-9-15-7-1-3-11-17(15)19)20-14-6-10-16-8-2-4-12-18(16)20/h1-14H. The monoisotopic (exact) mass is 416 g/mol. The zero-order valence-electron chi connectivity index (χ0n) is 11.8. The second kappa shape index (κ2) is 5.90. The molecule has 0 saturated heterocycles. The first-order valence-electron chi connectivity index (χ1n) is 7.16. The zero-order chi connectivity index (χ0) is 14.9. The third-order valence-electron chi connectivity index (χ3n) is 3.83. The van der Waals surface area contributed by atoms with Crippen LogP contribution in [0.1, 0.15) is 0 Å². The van der Waals surface area contributed by atoms with Gasteiger partial charge in [-0.3, -0.25) is 0 Å². The molecular formula is C20H14ClI. The van der Waals surface area contributed by atoms with Crippen molar-refractivity contribution in [3.05, 3.63) is 92.1 Å². The van der Waals surface area contributed by atoms with Gasteiger partial charge in [0, 0.05) is 0 Å². The molecule has 0 atom stereocenters. The minimum absolute atomic E-state index is 1.27. The summed E-state index contributed by atoms with van der Waals surface area (Å²) in [6, 6.07) is 30.0. The summed E-state index contributed by atoms with van der Waals surface area (Å²) in [5, 5.41) is 5.11. The van der Waals surface area contributed by atoms with Crippen LogP contribution in [0, 0.1) is 7.14 Å². The molecule has 108 valence electrons. The predicted molar refractivity (Wildman–Crippen MR) is 105 cm³/mol. The number of benzene rings is 4. The van der Waals surface area contributed by atoms with Crippen LogP contribution in [-0.2, 0) is 0 Å². The number of halogens is 2. The van der Waals surface area contributed by atoms with Gasteiger partial charge in [0.25, 0.3) is 0 Å². The number of rotatable bonds is 2. The van der Waals surface area contributed by atoms with Crippen LogP contribution in [0.15, 0.2) is 84.9 Å². The van der Waals surface area contributed by atoms with E-state index >= 15 is 0 Å². The molecule has 0 heterocycles. The van der Waals surface area contributed by atoms with Gasteiger partial charge < -0.3 is 0 Å². The van der Waals surface area contributed by atoms with E-state index in [9.17, 15) is 0 Å². The van der Waals surface area contributed by atoms with Gasteiger partial charge in [-0.1, -0.05) is 0 Å². The van der Waals surface area contributed by atoms with E-state index in [-0.39, 0.29) is 0 Å². The summed E-state index contributed by atoms with van der Waals surface area (Å²) < 4.78 is 2.64. The third-order valence-corrected chi connectivity index (χ3v) is 9.82. The van der Waals surface area contributed by atoms with Crippen molar-refractivity contribution in [3.8, 4) is 0 Å². The first-order valence-corrected chi connectivity index (χ1v) is 12.1. The fourth-order valence-corrected chi connectivity index (χ4v) is 8.12. The van der Waals surface area contributed by atoms with Crippen molar-refractivity contribution in [1.82, 2.24) is 0 Å². The van der Waals surface area contributed by atoms with E-state index in [2.05, 4.69) is 84.9 Å². The Balaban J connectivity index is 1.94. The van der Waals surface area contributed by atoms with Crippen molar-refractivity contribution in [2.45, 2.75) is 0 Å². The molecule has 4 rings (SSSR count). The molecule has 0 unspecified atom stereocenters. The van der Waals surface area contributed by atoms with E-state index in [1.165, 1.54) is 28.7 Å². The summed E-state index contributed by atoms with van der Waals surface area (Å²) in [7, 11) is 7.05. The van der Waals surface area contributed by atoms with Crippen molar-refractivity contribution < 1.29 is 0 Å². The number of hydrogen-bond donors (Lipinski definition) is 0. The van der Waals surface area contributed by atoms with Crippen LogP contribution in [0.4, 0.5) is 0 Å². The minimum atomic E-state index is -1.95. The molecule has 0 N–H and O–H groups in total. The molecule has 0 aliphatic heterocycles. The van der Waals surface area contributed by atoms with Crippen LogP contribution >= 0.6 is 27.6 Å². The van der Waals surface area contributed by atoms with Gasteiger partial charge in [-0.25, -0.2) is 0 Å². The molecule has 4 aromatic carbocycles. The molecule has 0 aliphatic rings. The van der Waals surface area contributed by atoms with Crippen LogP contribution in [-0.4, -0.2) is 0 Å². The summed E-state index contributed by atoms with van der Waals surface area (Å²) in [4.78, 5) is 0. The molecule has 2 heteroatoms. The molecule has 0 fully saturated rings. The molecule has 0 amide bonds. The number of hydrogen-bond acceptors (Lipinski definition) is 0. The number of fused-ring (bicyclic) bond motifs is 2. The van der Waals surface area contributed by atoms with Gasteiger partial charge in [0.1, 0.15) is 0 Å². The summed E-state index contributed by atoms with van der Waals surface area (Å²) >= 11 is -1.95. The molecule has 0 aromatic heterocycles. The second-order valence-corrected chi connectivity index (χ2v) is 10.8. The second-order valence-electron chi connectivity index (χ2n) is 5.16. The molecule has 0 aliphatic carbocycles. The fourth-order valence-electron chi connectivity index (χ4n) is 2.77. The van der Waals surface area contributed by atoms with Crippen LogP contribution in [0.25, 0.3) is 21.5 Å². The normalized spacial score (nSPS) is 11.8.